The standard InChI is InChI=1S/C11H17BrClN3/c1-3-16-9(10(12)8(2)15-16)6-14-11(7-13)4-5-11/h14H,3-7H2,1-2H3. The summed E-state index contributed by atoms with van der Waals surface area (Å²) in [6.07, 6.45) is 2.38. The van der Waals surface area contributed by atoms with E-state index in [4.69, 9.17) is 11.6 Å². The third-order valence-electron chi connectivity index (χ3n) is 3.19. The summed E-state index contributed by atoms with van der Waals surface area (Å²) < 4.78 is 3.16. The van der Waals surface area contributed by atoms with E-state index in [0.717, 1.165) is 23.3 Å². The molecule has 1 N–H and O–H groups in total. The molecule has 0 radical (unpaired) electrons. The van der Waals surface area contributed by atoms with E-state index < -0.39 is 0 Å². The van der Waals surface area contributed by atoms with Gasteiger partial charge >= 0.3 is 0 Å². The Morgan fingerprint density at radius 2 is 2.25 bits per heavy atom. The summed E-state index contributed by atoms with van der Waals surface area (Å²) >= 11 is 9.54. The van der Waals surface area contributed by atoms with E-state index in [9.17, 15) is 0 Å². The molecule has 0 bridgehead atoms. The molecule has 90 valence electrons. The molecule has 16 heavy (non-hydrogen) atoms. The van der Waals surface area contributed by atoms with E-state index in [1.54, 1.807) is 0 Å². The molecule has 1 fully saturated rings. The number of alkyl halides is 1. The molecule has 3 nitrogen and oxygen atoms in total. The van der Waals surface area contributed by atoms with Gasteiger partial charge in [0.1, 0.15) is 0 Å². The predicted molar refractivity (Wildman–Crippen MR) is 69.9 cm³/mol. The van der Waals surface area contributed by atoms with Crippen molar-refractivity contribution in [1.29, 1.82) is 0 Å². The van der Waals surface area contributed by atoms with Crippen LogP contribution in [0.2, 0.25) is 0 Å². The third-order valence-corrected chi connectivity index (χ3v) is 4.74. The minimum Gasteiger partial charge on any atom is -0.304 e. The van der Waals surface area contributed by atoms with E-state index in [0.29, 0.717) is 5.88 Å². The Labute approximate surface area is 110 Å². The normalized spacial score (nSPS) is 17.8. The van der Waals surface area contributed by atoms with Crippen LogP contribution >= 0.6 is 27.5 Å². The molecule has 0 atom stereocenters. The van der Waals surface area contributed by atoms with E-state index in [1.165, 1.54) is 18.5 Å². The van der Waals surface area contributed by atoms with Crippen LogP contribution in [-0.4, -0.2) is 21.2 Å². The lowest BCUT2D eigenvalue weighted by Gasteiger charge is -2.14. The van der Waals surface area contributed by atoms with Crippen LogP contribution in [-0.2, 0) is 13.1 Å². The van der Waals surface area contributed by atoms with Crippen molar-refractivity contribution in [1.82, 2.24) is 15.1 Å². The third kappa shape index (κ3) is 2.29. The van der Waals surface area contributed by atoms with Crippen molar-refractivity contribution in [3.63, 3.8) is 0 Å². The Morgan fingerprint density at radius 3 is 2.75 bits per heavy atom. The highest BCUT2D eigenvalue weighted by Gasteiger charge is 2.41. The van der Waals surface area contributed by atoms with Crippen LogP contribution < -0.4 is 5.32 Å². The molecule has 2 rings (SSSR count). The molecule has 5 heteroatoms. The number of rotatable bonds is 5. The Hall–Kier alpha value is -0.0600. The molecule has 0 spiro atoms. The first-order valence-electron chi connectivity index (χ1n) is 5.64. The molecule has 0 aliphatic heterocycles. The van der Waals surface area contributed by atoms with Gasteiger partial charge in [-0.15, -0.1) is 11.6 Å². The van der Waals surface area contributed by atoms with Gasteiger partial charge in [0.25, 0.3) is 0 Å². The van der Waals surface area contributed by atoms with Gasteiger partial charge in [0.05, 0.1) is 15.9 Å². The summed E-state index contributed by atoms with van der Waals surface area (Å²) in [6.45, 7) is 5.87. The minimum absolute atomic E-state index is 0.192. The fourth-order valence-electron chi connectivity index (χ4n) is 1.82. The van der Waals surface area contributed by atoms with Crippen LogP contribution in [0, 0.1) is 6.92 Å². The van der Waals surface area contributed by atoms with E-state index in [2.05, 4.69) is 33.3 Å². The largest absolute Gasteiger partial charge is 0.304 e. The summed E-state index contributed by atoms with van der Waals surface area (Å²) in [5, 5.41) is 8.01. The van der Waals surface area contributed by atoms with Crippen LogP contribution in [0.4, 0.5) is 0 Å². The van der Waals surface area contributed by atoms with Gasteiger partial charge in [0.15, 0.2) is 0 Å². The minimum atomic E-state index is 0.192. The molecule has 0 aromatic carbocycles. The van der Waals surface area contributed by atoms with Crippen molar-refractivity contribution < 1.29 is 0 Å². The number of nitrogens with one attached hydrogen (secondary N) is 1. The smallest absolute Gasteiger partial charge is 0.0739 e. The van der Waals surface area contributed by atoms with E-state index in [1.807, 2.05) is 11.6 Å². The Balaban J connectivity index is 2.08. The van der Waals surface area contributed by atoms with Crippen LogP contribution in [0.1, 0.15) is 31.2 Å². The highest BCUT2D eigenvalue weighted by atomic mass is 79.9. The molecular formula is C11H17BrClN3. The van der Waals surface area contributed by atoms with Crippen molar-refractivity contribution in [3.05, 3.63) is 15.9 Å². The van der Waals surface area contributed by atoms with Gasteiger partial charge in [-0.3, -0.25) is 4.68 Å². The molecule has 1 aliphatic rings. The topological polar surface area (TPSA) is 29.9 Å². The molecule has 1 aliphatic carbocycles. The zero-order valence-corrected chi connectivity index (χ0v) is 12.0. The SMILES string of the molecule is CCn1nc(C)c(Br)c1CNC1(CCl)CC1. The monoisotopic (exact) mass is 305 g/mol. The zero-order chi connectivity index (χ0) is 11.8. The second kappa shape index (κ2) is 4.67. The summed E-state index contributed by atoms with van der Waals surface area (Å²) in [6, 6.07) is 0. The molecule has 0 amide bonds. The van der Waals surface area contributed by atoms with E-state index >= 15 is 0 Å². The van der Waals surface area contributed by atoms with Gasteiger partial charge in [-0.25, -0.2) is 0 Å². The average molecular weight is 307 g/mol. The number of hydrogen-bond donors (Lipinski definition) is 1. The molecule has 1 aromatic rings. The maximum Gasteiger partial charge on any atom is 0.0739 e. The van der Waals surface area contributed by atoms with Gasteiger partial charge < -0.3 is 5.32 Å². The van der Waals surface area contributed by atoms with Crippen LogP contribution in [0.25, 0.3) is 0 Å². The highest BCUT2D eigenvalue weighted by Crippen LogP contribution is 2.37. The molecule has 0 unspecified atom stereocenters. The first kappa shape index (κ1) is 12.4. The molecule has 1 heterocycles. The maximum atomic E-state index is 5.94. The number of hydrogen-bond acceptors (Lipinski definition) is 2. The zero-order valence-electron chi connectivity index (χ0n) is 9.69. The van der Waals surface area contributed by atoms with Crippen molar-refractivity contribution >= 4 is 27.5 Å². The maximum absolute atomic E-state index is 5.94. The van der Waals surface area contributed by atoms with Gasteiger partial charge in [-0.1, -0.05) is 0 Å². The lowest BCUT2D eigenvalue weighted by atomic mass is 10.3. The molecular weight excluding hydrogens is 289 g/mol. The van der Waals surface area contributed by atoms with Gasteiger partial charge in [-0.05, 0) is 42.6 Å². The first-order chi connectivity index (χ1) is 7.62. The molecule has 1 saturated carbocycles. The molecule has 1 aromatic heterocycles. The number of halogens is 2. The lowest BCUT2D eigenvalue weighted by molar-refractivity contribution is 0.509. The number of nitrogens with zero attached hydrogens (tertiary/aromatic N) is 2. The van der Waals surface area contributed by atoms with Crippen LogP contribution in [0.3, 0.4) is 0 Å². The first-order valence-corrected chi connectivity index (χ1v) is 6.97. The summed E-state index contributed by atoms with van der Waals surface area (Å²) in [4.78, 5) is 0. The number of aryl methyl sites for hydroxylation is 2. The van der Waals surface area contributed by atoms with Crippen molar-refractivity contribution in [2.45, 2.75) is 45.3 Å². The Morgan fingerprint density at radius 1 is 1.56 bits per heavy atom. The fraction of sp³-hybridized carbons (Fsp3) is 0.727. The average Bonchev–Trinajstić information content (AvgIpc) is 3.02. The van der Waals surface area contributed by atoms with Gasteiger partial charge in [0.2, 0.25) is 0 Å². The van der Waals surface area contributed by atoms with Crippen LogP contribution in [0.15, 0.2) is 4.47 Å². The second-order valence-corrected chi connectivity index (χ2v) is 5.49. The Kier molecular flexibility index (Phi) is 3.62. The fourth-order valence-corrected chi connectivity index (χ4v) is 2.60. The summed E-state index contributed by atoms with van der Waals surface area (Å²) in [5.74, 6) is 0.698. The van der Waals surface area contributed by atoms with Crippen molar-refractivity contribution in [2.75, 3.05) is 5.88 Å². The summed E-state index contributed by atoms with van der Waals surface area (Å²) in [5.41, 5.74) is 2.46. The van der Waals surface area contributed by atoms with E-state index in [-0.39, 0.29) is 5.54 Å². The van der Waals surface area contributed by atoms with Crippen molar-refractivity contribution in [2.24, 2.45) is 0 Å². The molecule has 0 saturated heterocycles. The lowest BCUT2D eigenvalue weighted by Crippen LogP contribution is -2.33. The van der Waals surface area contributed by atoms with Gasteiger partial charge in [0, 0.05) is 24.5 Å². The second-order valence-electron chi connectivity index (χ2n) is 4.43. The number of aromatic nitrogens is 2. The highest BCUT2D eigenvalue weighted by molar-refractivity contribution is 9.10. The Bertz CT molecular complexity index is 385. The summed E-state index contributed by atoms with van der Waals surface area (Å²) in [7, 11) is 0. The van der Waals surface area contributed by atoms with Crippen molar-refractivity contribution in [3.8, 4) is 0 Å². The predicted octanol–water partition coefficient (Wildman–Crippen LogP) is 2.83. The quantitative estimate of drug-likeness (QED) is 0.848. The van der Waals surface area contributed by atoms with Gasteiger partial charge in [-0.2, -0.15) is 5.10 Å². The van der Waals surface area contributed by atoms with Crippen LogP contribution in [0.5, 0.6) is 0 Å².